The average molecular weight is 356 g/mol. The van der Waals surface area contributed by atoms with Crippen LogP contribution in [0.3, 0.4) is 0 Å². The molecule has 1 atom stereocenters. The minimum atomic E-state index is -3.60. The average Bonchev–Trinajstić information content (AvgIpc) is 3.07. The minimum absolute atomic E-state index is 0.240. The Labute approximate surface area is 147 Å². The van der Waals surface area contributed by atoms with Crippen molar-refractivity contribution < 1.29 is 8.42 Å². The summed E-state index contributed by atoms with van der Waals surface area (Å²) in [5, 5.41) is 0.837. The lowest BCUT2D eigenvalue weighted by molar-refractivity contribution is 0.363. The number of para-hydroxylation sites is 1. The Morgan fingerprint density at radius 1 is 1.32 bits per heavy atom. The standard InChI is InChI=1S/C18H20N4O2S/c1-13-9-15-3-2-4-16(18(15)20-10-13)25(23,24)21-11-14-5-6-17-19-7-8-22(17)12-14/h2-4,7-10,14,21H,5-6,11-12H2,1H3/t14-/m0/s1. The summed E-state index contributed by atoms with van der Waals surface area (Å²) >= 11 is 0. The molecule has 7 heteroatoms. The van der Waals surface area contributed by atoms with Crippen LogP contribution in [0.25, 0.3) is 10.9 Å². The first-order valence-electron chi connectivity index (χ1n) is 8.38. The van der Waals surface area contributed by atoms with Crippen LogP contribution >= 0.6 is 0 Å². The van der Waals surface area contributed by atoms with Gasteiger partial charge in [0.2, 0.25) is 10.0 Å². The molecule has 1 N–H and O–H groups in total. The van der Waals surface area contributed by atoms with Crippen LogP contribution in [0.2, 0.25) is 0 Å². The van der Waals surface area contributed by atoms with E-state index in [1.165, 1.54) is 0 Å². The predicted octanol–water partition coefficient (Wildman–Crippen LogP) is 2.28. The van der Waals surface area contributed by atoms with Gasteiger partial charge in [0.25, 0.3) is 0 Å². The SMILES string of the molecule is Cc1cnc2c(S(=O)(=O)NC[C@@H]3CCc4nccn4C3)cccc2c1. The van der Waals surface area contributed by atoms with E-state index in [2.05, 4.69) is 19.3 Å². The van der Waals surface area contributed by atoms with E-state index in [0.717, 1.165) is 36.2 Å². The number of aryl methyl sites for hydroxylation is 2. The number of pyridine rings is 1. The molecule has 0 saturated carbocycles. The molecule has 6 nitrogen and oxygen atoms in total. The maximum atomic E-state index is 12.8. The van der Waals surface area contributed by atoms with Crippen molar-refractivity contribution in [2.75, 3.05) is 6.54 Å². The summed E-state index contributed by atoms with van der Waals surface area (Å²) in [6.45, 7) is 3.16. The molecule has 0 fully saturated rings. The van der Waals surface area contributed by atoms with Crippen LogP contribution < -0.4 is 4.72 Å². The van der Waals surface area contributed by atoms with E-state index >= 15 is 0 Å². The number of aromatic nitrogens is 3. The molecule has 0 spiro atoms. The Kier molecular flexibility index (Phi) is 4.05. The molecule has 0 unspecified atom stereocenters. The molecule has 0 saturated heterocycles. The van der Waals surface area contributed by atoms with Crippen molar-refractivity contribution in [2.24, 2.45) is 5.92 Å². The van der Waals surface area contributed by atoms with Crippen molar-refractivity contribution in [3.05, 3.63) is 54.2 Å². The van der Waals surface area contributed by atoms with Crippen molar-refractivity contribution in [2.45, 2.75) is 31.2 Å². The van der Waals surface area contributed by atoms with Crippen LogP contribution in [0.5, 0.6) is 0 Å². The fourth-order valence-electron chi connectivity index (χ4n) is 3.37. The lowest BCUT2D eigenvalue weighted by atomic mass is 10.00. The van der Waals surface area contributed by atoms with Gasteiger partial charge in [0.15, 0.2) is 0 Å². The maximum Gasteiger partial charge on any atom is 0.242 e. The second-order valence-corrected chi connectivity index (χ2v) is 8.33. The first-order valence-corrected chi connectivity index (χ1v) is 9.86. The summed E-state index contributed by atoms with van der Waals surface area (Å²) in [4.78, 5) is 8.88. The predicted molar refractivity (Wildman–Crippen MR) is 95.7 cm³/mol. The molecule has 0 bridgehead atoms. The summed E-state index contributed by atoms with van der Waals surface area (Å²) in [7, 11) is -3.60. The molecule has 3 aromatic rings. The quantitative estimate of drug-likeness (QED) is 0.778. The molecule has 130 valence electrons. The van der Waals surface area contributed by atoms with Gasteiger partial charge in [-0.2, -0.15) is 0 Å². The Balaban J connectivity index is 1.55. The number of nitrogens with one attached hydrogen (secondary N) is 1. The number of nitrogens with zero attached hydrogens (tertiary/aromatic N) is 3. The maximum absolute atomic E-state index is 12.8. The fraction of sp³-hybridized carbons (Fsp3) is 0.333. The van der Waals surface area contributed by atoms with Crippen LogP contribution in [-0.2, 0) is 23.0 Å². The Hall–Kier alpha value is -2.25. The highest BCUT2D eigenvalue weighted by molar-refractivity contribution is 7.89. The number of hydrogen-bond donors (Lipinski definition) is 1. The molecule has 1 aliphatic rings. The number of rotatable bonds is 4. The van der Waals surface area contributed by atoms with Crippen LogP contribution in [0.1, 0.15) is 17.8 Å². The molecule has 0 amide bonds. The summed E-state index contributed by atoms with van der Waals surface area (Å²) in [5.74, 6) is 1.34. The third kappa shape index (κ3) is 3.17. The molecule has 3 heterocycles. The Morgan fingerprint density at radius 2 is 2.20 bits per heavy atom. The molecule has 2 aromatic heterocycles. The first-order chi connectivity index (χ1) is 12.0. The van der Waals surface area contributed by atoms with Crippen molar-refractivity contribution in [1.29, 1.82) is 0 Å². The minimum Gasteiger partial charge on any atom is -0.335 e. The highest BCUT2D eigenvalue weighted by atomic mass is 32.2. The van der Waals surface area contributed by atoms with E-state index in [-0.39, 0.29) is 10.8 Å². The number of hydrogen-bond acceptors (Lipinski definition) is 4. The van der Waals surface area contributed by atoms with Gasteiger partial charge < -0.3 is 4.57 Å². The molecule has 0 aliphatic carbocycles. The highest BCUT2D eigenvalue weighted by Crippen LogP contribution is 2.23. The molecule has 1 aliphatic heterocycles. The highest BCUT2D eigenvalue weighted by Gasteiger charge is 2.23. The Morgan fingerprint density at radius 3 is 3.08 bits per heavy atom. The van der Waals surface area contributed by atoms with Gasteiger partial charge in [-0.3, -0.25) is 4.98 Å². The zero-order valence-corrected chi connectivity index (χ0v) is 14.8. The van der Waals surface area contributed by atoms with Gasteiger partial charge >= 0.3 is 0 Å². The summed E-state index contributed by atoms with van der Waals surface area (Å²) < 4.78 is 30.5. The van der Waals surface area contributed by atoms with Gasteiger partial charge in [-0.25, -0.2) is 18.1 Å². The smallest absolute Gasteiger partial charge is 0.242 e. The van der Waals surface area contributed by atoms with Gasteiger partial charge in [0.05, 0.1) is 5.52 Å². The zero-order chi connectivity index (χ0) is 17.4. The molecule has 4 rings (SSSR count). The van der Waals surface area contributed by atoms with E-state index in [9.17, 15) is 8.42 Å². The molecule has 0 radical (unpaired) electrons. The van der Waals surface area contributed by atoms with Gasteiger partial charge in [-0.1, -0.05) is 12.1 Å². The van der Waals surface area contributed by atoms with Crippen molar-refractivity contribution in [3.63, 3.8) is 0 Å². The fourth-order valence-corrected chi connectivity index (χ4v) is 4.66. The van der Waals surface area contributed by atoms with Crippen molar-refractivity contribution in [3.8, 4) is 0 Å². The van der Waals surface area contributed by atoms with Crippen LogP contribution in [0, 0.1) is 12.8 Å². The molecule has 1 aromatic carbocycles. The van der Waals surface area contributed by atoms with E-state index in [1.54, 1.807) is 24.5 Å². The first kappa shape index (κ1) is 16.2. The van der Waals surface area contributed by atoms with E-state index in [1.807, 2.05) is 25.3 Å². The molecular formula is C18H20N4O2S. The zero-order valence-electron chi connectivity index (χ0n) is 14.0. The second-order valence-electron chi connectivity index (χ2n) is 6.59. The van der Waals surface area contributed by atoms with E-state index in [4.69, 9.17) is 0 Å². The Bertz CT molecular complexity index is 1030. The number of benzene rings is 1. The van der Waals surface area contributed by atoms with E-state index < -0.39 is 10.0 Å². The van der Waals surface area contributed by atoms with Gasteiger partial charge in [0, 0.05) is 43.5 Å². The van der Waals surface area contributed by atoms with E-state index in [0.29, 0.717) is 12.1 Å². The summed E-state index contributed by atoms with van der Waals surface area (Å²) in [5.41, 5.74) is 1.52. The summed E-state index contributed by atoms with van der Waals surface area (Å²) in [6.07, 6.45) is 7.27. The number of sulfonamides is 1. The van der Waals surface area contributed by atoms with Crippen LogP contribution in [0.15, 0.2) is 47.8 Å². The molecular weight excluding hydrogens is 336 g/mol. The normalized spacial score (nSPS) is 17.6. The third-order valence-corrected chi connectivity index (χ3v) is 6.15. The largest absolute Gasteiger partial charge is 0.335 e. The van der Waals surface area contributed by atoms with Crippen LogP contribution in [-0.4, -0.2) is 29.5 Å². The monoisotopic (exact) mass is 356 g/mol. The molecule has 25 heavy (non-hydrogen) atoms. The van der Waals surface area contributed by atoms with Gasteiger partial charge in [-0.15, -0.1) is 0 Å². The lowest BCUT2D eigenvalue weighted by Gasteiger charge is -2.24. The second kappa shape index (κ2) is 6.24. The summed E-state index contributed by atoms with van der Waals surface area (Å²) in [6, 6.07) is 7.21. The van der Waals surface area contributed by atoms with Gasteiger partial charge in [0.1, 0.15) is 10.7 Å². The lowest BCUT2D eigenvalue weighted by Crippen LogP contribution is -2.33. The van der Waals surface area contributed by atoms with Gasteiger partial charge in [-0.05, 0) is 37.0 Å². The number of imidazole rings is 1. The van der Waals surface area contributed by atoms with Crippen molar-refractivity contribution >= 4 is 20.9 Å². The third-order valence-electron chi connectivity index (χ3n) is 4.70. The topological polar surface area (TPSA) is 76.9 Å². The number of fused-ring (bicyclic) bond motifs is 2. The van der Waals surface area contributed by atoms with Crippen LogP contribution in [0.4, 0.5) is 0 Å². The van der Waals surface area contributed by atoms with Crippen molar-refractivity contribution in [1.82, 2.24) is 19.3 Å².